The Bertz CT molecular complexity index is 890. The van der Waals surface area contributed by atoms with E-state index < -0.39 is 20.7 Å². The lowest BCUT2D eigenvalue weighted by atomic mass is 10.4. The van der Waals surface area contributed by atoms with Crippen LogP contribution in [-0.2, 0) is 9.84 Å². The second-order valence-electron chi connectivity index (χ2n) is 3.82. The van der Waals surface area contributed by atoms with Crippen LogP contribution >= 0.6 is 0 Å². The Hall–Kier alpha value is -2.62. The lowest BCUT2D eigenvalue weighted by Gasteiger charge is -2.06. The first kappa shape index (κ1) is 12.4. The molecule has 20 heavy (non-hydrogen) atoms. The van der Waals surface area contributed by atoms with E-state index in [-0.39, 0.29) is 16.5 Å². The molecular weight excluding hydrogens is 287 g/mol. The van der Waals surface area contributed by atoms with Crippen molar-refractivity contribution >= 4 is 21.4 Å². The molecule has 0 amide bonds. The molecule has 10 heteroatoms. The Balaban J connectivity index is 2.23. The van der Waals surface area contributed by atoms with Crippen LogP contribution in [0.3, 0.4) is 0 Å². The molecule has 1 aromatic carbocycles. The molecule has 0 aliphatic heterocycles. The summed E-state index contributed by atoms with van der Waals surface area (Å²) in [6.45, 7) is 0. The van der Waals surface area contributed by atoms with E-state index in [1.165, 1.54) is 6.33 Å². The maximum atomic E-state index is 12.9. The van der Waals surface area contributed by atoms with Crippen molar-refractivity contribution in [1.82, 2.24) is 24.8 Å². The van der Waals surface area contributed by atoms with Crippen LogP contribution in [0.4, 0.5) is 10.2 Å². The number of hydrogen-bond acceptors (Lipinski definition) is 7. The van der Waals surface area contributed by atoms with Gasteiger partial charge in [0.1, 0.15) is 12.1 Å². The molecule has 2 N–H and O–H groups in total. The van der Waals surface area contributed by atoms with Crippen LogP contribution in [0.2, 0.25) is 0 Å². The molecule has 0 saturated carbocycles. The Morgan fingerprint density at radius 3 is 2.55 bits per heavy atom. The lowest BCUT2D eigenvalue weighted by molar-refractivity contribution is 0.588. The Morgan fingerprint density at radius 1 is 1.15 bits per heavy atom. The third-order valence-corrected chi connectivity index (χ3v) is 4.28. The minimum absolute atomic E-state index is 0.0838. The molecule has 0 spiro atoms. The molecule has 2 heterocycles. The van der Waals surface area contributed by atoms with Gasteiger partial charge in [-0.2, -0.15) is 14.6 Å². The fourth-order valence-electron chi connectivity index (χ4n) is 1.62. The molecule has 3 aromatic rings. The standard InChI is InChI=1S/C10H7FN6O2S/c11-6-1-3-7(4-2-6)20(18,19)9-8(12)17-10(16-15-9)13-5-14-17/h1-5H,12H2. The summed E-state index contributed by atoms with van der Waals surface area (Å²) in [6, 6.07) is 4.31. The van der Waals surface area contributed by atoms with Gasteiger partial charge >= 0.3 is 0 Å². The highest BCUT2D eigenvalue weighted by atomic mass is 32.2. The summed E-state index contributed by atoms with van der Waals surface area (Å²) in [7, 11) is -4.01. The molecule has 0 aliphatic carbocycles. The van der Waals surface area contributed by atoms with Crippen molar-refractivity contribution in [3.63, 3.8) is 0 Å². The van der Waals surface area contributed by atoms with E-state index in [0.29, 0.717) is 0 Å². The zero-order valence-electron chi connectivity index (χ0n) is 9.80. The van der Waals surface area contributed by atoms with Crippen molar-refractivity contribution in [3.8, 4) is 0 Å². The number of hydrogen-bond donors (Lipinski definition) is 1. The number of nitrogens with zero attached hydrogens (tertiary/aromatic N) is 5. The SMILES string of the molecule is Nc1c(S(=O)(=O)c2ccc(F)cc2)nnc2ncnn12. The van der Waals surface area contributed by atoms with Crippen LogP contribution in [0.1, 0.15) is 0 Å². The number of nitrogen functional groups attached to an aromatic ring is 1. The Morgan fingerprint density at radius 2 is 1.85 bits per heavy atom. The van der Waals surface area contributed by atoms with Crippen LogP contribution in [-0.4, -0.2) is 33.2 Å². The van der Waals surface area contributed by atoms with Gasteiger partial charge in [0, 0.05) is 0 Å². The number of halogens is 1. The van der Waals surface area contributed by atoms with E-state index >= 15 is 0 Å². The molecule has 0 unspecified atom stereocenters. The third-order valence-electron chi connectivity index (χ3n) is 2.59. The average Bonchev–Trinajstić information content (AvgIpc) is 2.88. The monoisotopic (exact) mass is 294 g/mol. The predicted octanol–water partition coefficient (Wildman–Crippen LogP) is 0.0734. The van der Waals surface area contributed by atoms with Gasteiger partial charge in [-0.25, -0.2) is 12.8 Å². The van der Waals surface area contributed by atoms with Crippen molar-refractivity contribution in [2.45, 2.75) is 9.92 Å². The van der Waals surface area contributed by atoms with Crippen molar-refractivity contribution in [1.29, 1.82) is 0 Å². The highest BCUT2D eigenvalue weighted by molar-refractivity contribution is 7.91. The summed E-state index contributed by atoms with van der Waals surface area (Å²) >= 11 is 0. The number of rotatable bonds is 2. The smallest absolute Gasteiger partial charge is 0.273 e. The number of sulfone groups is 1. The van der Waals surface area contributed by atoms with Crippen LogP contribution in [0.15, 0.2) is 40.5 Å². The number of nitrogens with two attached hydrogens (primary N) is 1. The van der Waals surface area contributed by atoms with E-state index in [9.17, 15) is 12.8 Å². The fourth-order valence-corrected chi connectivity index (χ4v) is 2.85. The number of benzene rings is 1. The Labute approximate surface area is 112 Å². The van der Waals surface area contributed by atoms with Crippen molar-refractivity contribution < 1.29 is 12.8 Å². The number of fused-ring (bicyclic) bond motifs is 1. The summed E-state index contributed by atoms with van der Waals surface area (Å²) in [5, 5.41) is 10.5. The molecule has 102 valence electrons. The largest absolute Gasteiger partial charge is 0.381 e. The summed E-state index contributed by atoms with van der Waals surface area (Å²) in [5.41, 5.74) is 5.72. The first-order valence-electron chi connectivity index (χ1n) is 5.33. The Kier molecular flexibility index (Phi) is 2.61. The number of aromatic nitrogens is 5. The summed E-state index contributed by atoms with van der Waals surface area (Å²) < 4.78 is 38.6. The highest BCUT2D eigenvalue weighted by Crippen LogP contribution is 2.23. The van der Waals surface area contributed by atoms with Crippen LogP contribution in [0.5, 0.6) is 0 Å². The van der Waals surface area contributed by atoms with E-state index in [1.807, 2.05) is 0 Å². The van der Waals surface area contributed by atoms with Gasteiger partial charge in [-0.1, -0.05) is 0 Å². The first-order valence-corrected chi connectivity index (χ1v) is 6.81. The van der Waals surface area contributed by atoms with Crippen LogP contribution in [0, 0.1) is 5.82 Å². The van der Waals surface area contributed by atoms with Crippen LogP contribution in [0.25, 0.3) is 5.78 Å². The summed E-state index contributed by atoms with van der Waals surface area (Å²) in [5.74, 6) is -0.674. The van der Waals surface area contributed by atoms with E-state index in [2.05, 4.69) is 20.3 Å². The van der Waals surface area contributed by atoms with Crippen LogP contribution < -0.4 is 5.73 Å². The van der Waals surface area contributed by atoms with Gasteiger partial charge in [0.2, 0.25) is 14.9 Å². The first-order chi connectivity index (χ1) is 9.50. The van der Waals surface area contributed by atoms with Crippen molar-refractivity contribution in [2.75, 3.05) is 5.73 Å². The second-order valence-corrected chi connectivity index (χ2v) is 5.68. The molecule has 0 atom stereocenters. The fraction of sp³-hybridized carbons (Fsp3) is 0. The summed E-state index contributed by atoms with van der Waals surface area (Å²) in [6.07, 6.45) is 1.18. The zero-order valence-corrected chi connectivity index (χ0v) is 10.6. The van der Waals surface area contributed by atoms with E-state index in [1.54, 1.807) is 0 Å². The van der Waals surface area contributed by atoms with Gasteiger partial charge < -0.3 is 5.73 Å². The molecule has 3 rings (SSSR count). The average molecular weight is 294 g/mol. The van der Waals surface area contributed by atoms with Gasteiger partial charge in [-0.15, -0.1) is 10.2 Å². The van der Waals surface area contributed by atoms with Gasteiger partial charge in [-0.05, 0) is 24.3 Å². The van der Waals surface area contributed by atoms with Crippen molar-refractivity contribution in [2.24, 2.45) is 0 Å². The third kappa shape index (κ3) is 1.77. The molecule has 2 aromatic heterocycles. The predicted molar refractivity (Wildman–Crippen MR) is 64.8 cm³/mol. The molecule has 0 radical (unpaired) electrons. The van der Waals surface area contributed by atoms with E-state index in [0.717, 1.165) is 28.8 Å². The molecule has 8 nitrogen and oxygen atoms in total. The lowest BCUT2D eigenvalue weighted by Crippen LogP contribution is -2.13. The summed E-state index contributed by atoms with van der Waals surface area (Å²) in [4.78, 5) is 3.60. The minimum atomic E-state index is -4.01. The van der Waals surface area contributed by atoms with E-state index in [4.69, 9.17) is 5.73 Å². The van der Waals surface area contributed by atoms with Gasteiger partial charge in [0.05, 0.1) is 4.90 Å². The topological polar surface area (TPSA) is 116 Å². The second kappa shape index (κ2) is 4.20. The molecular formula is C10H7FN6O2S. The number of anilines is 1. The molecule has 0 saturated heterocycles. The normalized spacial score (nSPS) is 11.8. The zero-order chi connectivity index (χ0) is 14.3. The van der Waals surface area contributed by atoms with Gasteiger partial charge in [0.25, 0.3) is 5.78 Å². The van der Waals surface area contributed by atoms with Gasteiger partial charge in [-0.3, -0.25) is 0 Å². The maximum Gasteiger partial charge on any atom is 0.273 e. The molecule has 0 bridgehead atoms. The van der Waals surface area contributed by atoms with Gasteiger partial charge in [0.15, 0.2) is 5.82 Å². The molecule has 0 fully saturated rings. The quantitative estimate of drug-likeness (QED) is 0.665. The molecule has 0 aliphatic rings. The highest BCUT2D eigenvalue weighted by Gasteiger charge is 2.25. The van der Waals surface area contributed by atoms with Crippen molar-refractivity contribution in [3.05, 3.63) is 36.4 Å². The maximum absolute atomic E-state index is 12.9. The minimum Gasteiger partial charge on any atom is -0.381 e.